The van der Waals surface area contributed by atoms with Crippen LogP contribution in [0.1, 0.15) is 35.3 Å². The number of thiazole rings is 1. The third-order valence-electron chi connectivity index (χ3n) is 5.57. The van der Waals surface area contributed by atoms with Gasteiger partial charge in [0, 0.05) is 18.5 Å². The van der Waals surface area contributed by atoms with Gasteiger partial charge < -0.3 is 16.0 Å². The van der Waals surface area contributed by atoms with Crippen molar-refractivity contribution < 1.29 is 4.90 Å². The second-order valence-corrected chi connectivity index (χ2v) is 8.74. The molecule has 0 amide bonds. The molecule has 1 aliphatic rings. The summed E-state index contributed by atoms with van der Waals surface area (Å²) >= 11 is 1.80. The van der Waals surface area contributed by atoms with E-state index in [4.69, 9.17) is 10.7 Å². The molecule has 0 bridgehead atoms. The van der Waals surface area contributed by atoms with Crippen molar-refractivity contribution in [3.63, 3.8) is 0 Å². The summed E-state index contributed by atoms with van der Waals surface area (Å²) in [5.41, 5.74) is 9.17. The van der Waals surface area contributed by atoms with E-state index in [9.17, 15) is 0 Å². The van der Waals surface area contributed by atoms with Gasteiger partial charge in [-0.05, 0) is 30.7 Å². The minimum Gasteiger partial charge on any atom is -0.368 e. The Morgan fingerprint density at radius 3 is 2.77 bits per heavy atom. The number of nitrogens with one attached hydrogen (secondary N) is 2. The molecule has 1 unspecified atom stereocenters. The summed E-state index contributed by atoms with van der Waals surface area (Å²) < 4.78 is 1.24. The van der Waals surface area contributed by atoms with Crippen LogP contribution in [0.2, 0.25) is 0 Å². The lowest BCUT2D eigenvalue weighted by atomic mass is 10.2. The molecule has 2 atom stereocenters. The maximum atomic E-state index is 6.00. The van der Waals surface area contributed by atoms with Crippen molar-refractivity contribution in [1.82, 2.24) is 19.9 Å². The molecule has 0 saturated carbocycles. The Morgan fingerprint density at radius 1 is 1.07 bits per heavy atom. The van der Waals surface area contributed by atoms with E-state index >= 15 is 0 Å². The number of para-hydroxylation sites is 2. The van der Waals surface area contributed by atoms with Crippen LogP contribution in [0.15, 0.2) is 48.5 Å². The average molecular weight is 419 g/mol. The van der Waals surface area contributed by atoms with Gasteiger partial charge in [-0.1, -0.05) is 30.3 Å². The molecule has 2 aromatic heterocycles. The number of hydrogen-bond donors (Lipinski definition) is 3. The molecule has 3 heterocycles. The Balaban J connectivity index is 1.38. The molecule has 152 valence electrons. The van der Waals surface area contributed by atoms with E-state index in [0.717, 1.165) is 29.7 Å². The van der Waals surface area contributed by atoms with Crippen molar-refractivity contribution in [1.29, 1.82) is 0 Å². The van der Waals surface area contributed by atoms with Gasteiger partial charge in [-0.3, -0.25) is 0 Å². The quantitative estimate of drug-likeness (QED) is 0.461. The lowest BCUT2D eigenvalue weighted by molar-refractivity contribution is -0.932. The maximum Gasteiger partial charge on any atom is 0.232 e. The molecule has 0 radical (unpaired) electrons. The van der Waals surface area contributed by atoms with Crippen LogP contribution in [-0.2, 0) is 6.54 Å². The van der Waals surface area contributed by atoms with Gasteiger partial charge >= 0.3 is 0 Å². The second kappa shape index (κ2) is 7.97. The first-order valence-electron chi connectivity index (χ1n) is 10.2. The van der Waals surface area contributed by atoms with Crippen LogP contribution in [0, 0.1) is 6.92 Å². The lowest BCUT2D eigenvalue weighted by Gasteiger charge is -2.19. The van der Waals surface area contributed by atoms with Gasteiger partial charge in [-0.25, -0.2) is 4.98 Å². The normalized spacial score (nSPS) is 18.7. The number of nitrogens with zero attached hydrogens (tertiary/aromatic N) is 4. The van der Waals surface area contributed by atoms with Crippen molar-refractivity contribution in [2.45, 2.75) is 32.4 Å². The molecule has 30 heavy (non-hydrogen) atoms. The molecular formula is C22H24N7S+. The summed E-state index contributed by atoms with van der Waals surface area (Å²) in [6, 6.07) is 16.7. The summed E-state index contributed by atoms with van der Waals surface area (Å²) in [6.45, 7) is 3.83. The van der Waals surface area contributed by atoms with Gasteiger partial charge in [0.25, 0.3) is 0 Å². The first-order chi connectivity index (χ1) is 14.7. The van der Waals surface area contributed by atoms with Crippen molar-refractivity contribution in [3.05, 3.63) is 64.9 Å². The number of nitrogen functional groups attached to an aromatic ring is 1. The average Bonchev–Trinajstić information content (AvgIpc) is 3.35. The standard InChI is InChI=1S/C22H23N7S/c1-14-7-2-3-8-15(14)25-22-27-19(26-21(23)28-22)13-29-12-6-10-17(29)20-24-16-9-4-5-11-18(16)30-20/h2-5,7-9,11,17H,6,10,12-13H2,1H3,(H3,23,25,26,27,28)/p+1/t17-/m0/s1. The Bertz CT molecular complexity index is 1160. The number of aromatic nitrogens is 4. The fourth-order valence-corrected chi connectivity index (χ4v) is 5.23. The topological polar surface area (TPSA) is 94.0 Å². The second-order valence-electron chi connectivity index (χ2n) is 7.67. The zero-order valence-electron chi connectivity index (χ0n) is 16.8. The first kappa shape index (κ1) is 18.9. The summed E-state index contributed by atoms with van der Waals surface area (Å²) in [4.78, 5) is 19.7. The van der Waals surface area contributed by atoms with E-state index in [0.29, 0.717) is 24.4 Å². The van der Waals surface area contributed by atoms with E-state index in [-0.39, 0.29) is 5.95 Å². The SMILES string of the molecule is Cc1ccccc1Nc1nc(N)nc(C[NH+]2CCC[C@H]2c2nc3ccccc3s2)n1. The van der Waals surface area contributed by atoms with Crippen molar-refractivity contribution >= 4 is 39.1 Å². The van der Waals surface area contributed by atoms with Crippen LogP contribution in [0.5, 0.6) is 0 Å². The largest absolute Gasteiger partial charge is 0.368 e. The van der Waals surface area contributed by atoms with E-state index in [1.165, 1.54) is 21.0 Å². The Morgan fingerprint density at radius 2 is 1.90 bits per heavy atom. The van der Waals surface area contributed by atoms with Crippen LogP contribution >= 0.6 is 11.3 Å². The van der Waals surface area contributed by atoms with Crippen LogP contribution in [0.3, 0.4) is 0 Å². The highest BCUT2D eigenvalue weighted by molar-refractivity contribution is 7.18. The van der Waals surface area contributed by atoms with Gasteiger partial charge in [0.15, 0.2) is 10.8 Å². The van der Waals surface area contributed by atoms with E-state index in [1.54, 1.807) is 11.3 Å². The molecule has 8 heteroatoms. The minimum atomic E-state index is 0.242. The molecule has 0 spiro atoms. The molecule has 4 N–H and O–H groups in total. The molecule has 0 aliphatic carbocycles. The lowest BCUT2D eigenvalue weighted by Crippen LogP contribution is -3.09. The molecule has 5 rings (SSSR count). The fourth-order valence-electron chi connectivity index (χ4n) is 4.07. The summed E-state index contributed by atoms with van der Waals surface area (Å²) in [6.07, 6.45) is 2.30. The highest BCUT2D eigenvalue weighted by atomic mass is 32.1. The summed E-state index contributed by atoms with van der Waals surface area (Å²) in [5.74, 6) is 1.44. The molecule has 1 aliphatic heterocycles. The number of fused-ring (bicyclic) bond motifs is 1. The van der Waals surface area contributed by atoms with Crippen LogP contribution in [0.25, 0.3) is 10.2 Å². The van der Waals surface area contributed by atoms with Gasteiger partial charge in [0.1, 0.15) is 12.6 Å². The number of rotatable bonds is 5. The Labute approximate surface area is 179 Å². The number of anilines is 3. The van der Waals surface area contributed by atoms with Gasteiger partial charge in [0.05, 0.1) is 16.8 Å². The molecular weight excluding hydrogens is 394 g/mol. The Hall–Kier alpha value is -3.10. The van der Waals surface area contributed by atoms with Crippen molar-refractivity contribution in [3.8, 4) is 0 Å². The molecule has 7 nitrogen and oxygen atoms in total. The number of quaternary nitrogens is 1. The third-order valence-corrected chi connectivity index (χ3v) is 6.72. The Kier molecular flexibility index (Phi) is 5.02. The minimum absolute atomic E-state index is 0.242. The molecule has 2 aromatic carbocycles. The highest BCUT2D eigenvalue weighted by Gasteiger charge is 2.33. The van der Waals surface area contributed by atoms with E-state index < -0.39 is 0 Å². The number of nitrogens with two attached hydrogens (primary N) is 1. The summed E-state index contributed by atoms with van der Waals surface area (Å²) in [7, 11) is 0. The van der Waals surface area contributed by atoms with Gasteiger partial charge in [0.2, 0.25) is 11.9 Å². The first-order valence-corrected chi connectivity index (χ1v) is 11.0. The van der Waals surface area contributed by atoms with Crippen molar-refractivity contribution in [2.24, 2.45) is 0 Å². The predicted octanol–water partition coefficient (Wildman–Crippen LogP) is 3.04. The van der Waals surface area contributed by atoms with Crippen LogP contribution in [-0.4, -0.2) is 26.5 Å². The highest BCUT2D eigenvalue weighted by Crippen LogP contribution is 2.28. The van der Waals surface area contributed by atoms with Crippen molar-refractivity contribution in [2.75, 3.05) is 17.6 Å². The third kappa shape index (κ3) is 3.83. The smallest absolute Gasteiger partial charge is 0.232 e. The maximum absolute atomic E-state index is 6.00. The molecule has 1 fully saturated rings. The predicted molar refractivity (Wildman–Crippen MR) is 120 cm³/mol. The van der Waals surface area contributed by atoms with Crippen LogP contribution < -0.4 is 16.0 Å². The molecule has 4 aromatic rings. The van der Waals surface area contributed by atoms with Gasteiger partial charge in [-0.15, -0.1) is 11.3 Å². The van der Waals surface area contributed by atoms with E-state index in [2.05, 4.69) is 38.5 Å². The number of likely N-dealkylation sites (tertiary alicyclic amines) is 1. The zero-order valence-corrected chi connectivity index (χ0v) is 17.6. The van der Waals surface area contributed by atoms with Gasteiger partial charge in [-0.2, -0.15) is 15.0 Å². The molecule has 1 saturated heterocycles. The monoisotopic (exact) mass is 418 g/mol. The fraction of sp³-hybridized carbons (Fsp3) is 0.273. The number of hydrogen-bond acceptors (Lipinski definition) is 7. The number of aryl methyl sites for hydroxylation is 1. The zero-order chi connectivity index (χ0) is 20.5. The number of benzene rings is 2. The summed E-state index contributed by atoms with van der Waals surface area (Å²) in [5, 5.41) is 4.48. The van der Waals surface area contributed by atoms with E-state index in [1.807, 2.05) is 37.3 Å². The van der Waals surface area contributed by atoms with Crippen LogP contribution in [0.4, 0.5) is 17.6 Å².